The van der Waals surface area contributed by atoms with E-state index in [4.69, 9.17) is 0 Å². The predicted molar refractivity (Wildman–Crippen MR) is 153 cm³/mol. The fraction of sp³-hybridized carbons (Fsp3) is 0.424. The van der Waals surface area contributed by atoms with Gasteiger partial charge in [-0.3, -0.25) is 14.6 Å². The molecule has 2 bridgehead atoms. The molecule has 208 valence electrons. The Morgan fingerprint density at radius 1 is 0.975 bits per heavy atom. The molecule has 1 aliphatic heterocycles. The molecule has 4 unspecified atom stereocenters. The number of rotatable bonds is 6. The molecule has 2 saturated carbocycles. The normalized spacial score (nSPS) is 27.2. The van der Waals surface area contributed by atoms with Gasteiger partial charge in [0.25, 0.3) is 5.91 Å². The van der Waals surface area contributed by atoms with Crippen molar-refractivity contribution in [3.8, 4) is 11.1 Å². The summed E-state index contributed by atoms with van der Waals surface area (Å²) in [6.07, 6.45) is 8.37. The second-order valence-electron chi connectivity index (χ2n) is 12.6. The molecule has 0 radical (unpaired) electrons. The highest BCUT2D eigenvalue weighted by Gasteiger charge is 2.50. The molecule has 2 heterocycles. The Labute approximate surface area is 235 Å². The van der Waals surface area contributed by atoms with Crippen LogP contribution in [0.1, 0.15) is 67.4 Å². The maximum atomic E-state index is 13.7. The van der Waals surface area contributed by atoms with Crippen molar-refractivity contribution in [1.82, 2.24) is 20.5 Å². The molecule has 3 aliphatic rings. The summed E-state index contributed by atoms with van der Waals surface area (Å²) >= 11 is 0. The summed E-state index contributed by atoms with van der Waals surface area (Å²) in [5.74, 6) is 0.747. The van der Waals surface area contributed by atoms with Gasteiger partial charge in [-0.15, -0.1) is 0 Å². The van der Waals surface area contributed by atoms with Crippen molar-refractivity contribution in [2.45, 2.75) is 70.1 Å². The van der Waals surface area contributed by atoms with Gasteiger partial charge in [-0.1, -0.05) is 25.1 Å². The van der Waals surface area contributed by atoms with Crippen LogP contribution in [0.4, 0.5) is 4.39 Å². The van der Waals surface area contributed by atoms with Gasteiger partial charge in [-0.25, -0.2) is 4.39 Å². The summed E-state index contributed by atoms with van der Waals surface area (Å²) in [5, 5.41) is 7.06. The second-order valence-corrected chi connectivity index (χ2v) is 12.6. The molecule has 0 spiro atoms. The summed E-state index contributed by atoms with van der Waals surface area (Å²) in [4.78, 5) is 32.5. The van der Waals surface area contributed by atoms with Crippen molar-refractivity contribution >= 4 is 11.8 Å². The zero-order valence-electron chi connectivity index (χ0n) is 23.3. The van der Waals surface area contributed by atoms with Gasteiger partial charge in [-0.05, 0) is 110 Å². The molecule has 7 heteroatoms. The summed E-state index contributed by atoms with van der Waals surface area (Å²) in [7, 11) is 0. The van der Waals surface area contributed by atoms with E-state index in [0.29, 0.717) is 30.5 Å². The maximum Gasteiger partial charge on any atom is 0.251 e. The molecule has 0 saturated heterocycles. The molecule has 3 aromatic rings. The van der Waals surface area contributed by atoms with Crippen LogP contribution in [0, 0.1) is 17.7 Å². The number of hydrogen-bond acceptors (Lipinski definition) is 4. The molecular formula is C33H37FN4O2. The quantitative estimate of drug-likeness (QED) is 0.435. The molecule has 40 heavy (non-hydrogen) atoms. The first-order valence-corrected chi connectivity index (χ1v) is 14.3. The number of benzene rings is 2. The first kappa shape index (κ1) is 26.6. The summed E-state index contributed by atoms with van der Waals surface area (Å²) in [6.45, 7) is 5.67. The molecule has 2 aliphatic carbocycles. The monoisotopic (exact) mass is 540 g/mol. The first-order valence-electron chi connectivity index (χ1n) is 14.3. The van der Waals surface area contributed by atoms with E-state index in [1.165, 1.54) is 12.1 Å². The minimum Gasteiger partial charge on any atom is -0.347 e. The van der Waals surface area contributed by atoms with Gasteiger partial charge in [0.2, 0.25) is 5.91 Å². The summed E-state index contributed by atoms with van der Waals surface area (Å²) < 4.78 is 13.7. The largest absolute Gasteiger partial charge is 0.347 e. The number of fused-ring (bicyclic) bond motifs is 3. The highest BCUT2D eigenvalue weighted by Crippen LogP contribution is 2.49. The number of aromatic nitrogens is 1. The average molecular weight is 541 g/mol. The average Bonchev–Trinajstić information content (AvgIpc) is 3.35. The van der Waals surface area contributed by atoms with Crippen molar-refractivity contribution in [3.63, 3.8) is 0 Å². The lowest BCUT2D eigenvalue weighted by molar-refractivity contribution is -0.131. The van der Waals surface area contributed by atoms with Gasteiger partial charge in [0.05, 0.1) is 6.54 Å². The molecule has 6 nitrogen and oxygen atoms in total. The Hall–Kier alpha value is -3.58. The second kappa shape index (κ2) is 10.4. The Morgan fingerprint density at radius 2 is 1.70 bits per heavy atom. The van der Waals surface area contributed by atoms with Crippen LogP contribution < -0.4 is 10.6 Å². The zero-order valence-corrected chi connectivity index (χ0v) is 23.3. The highest BCUT2D eigenvalue weighted by atomic mass is 19.1. The number of pyridine rings is 1. The van der Waals surface area contributed by atoms with E-state index in [9.17, 15) is 14.0 Å². The molecular weight excluding hydrogens is 503 g/mol. The van der Waals surface area contributed by atoms with Crippen molar-refractivity contribution in [2.24, 2.45) is 11.8 Å². The third kappa shape index (κ3) is 5.52. The smallest absolute Gasteiger partial charge is 0.251 e. The zero-order chi connectivity index (χ0) is 27.9. The topological polar surface area (TPSA) is 74.3 Å². The van der Waals surface area contributed by atoms with Crippen molar-refractivity contribution < 1.29 is 14.0 Å². The number of nitrogens with zero attached hydrogens (tertiary/aromatic N) is 2. The van der Waals surface area contributed by atoms with Crippen LogP contribution in [-0.4, -0.2) is 39.3 Å². The van der Waals surface area contributed by atoms with E-state index < -0.39 is 0 Å². The van der Waals surface area contributed by atoms with Crippen molar-refractivity contribution in [1.29, 1.82) is 0 Å². The number of hydrogen-bond donors (Lipinski definition) is 2. The van der Waals surface area contributed by atoms with E-state index in [-0.39, 0.29) is 35.3 Å². The Bertz CT molecular complexity index is 1410. The highest BCUT2D eigenvalue weighted by molar-refractivity contribution is 5.95. The SMILES string of the molecule is CC1CC2CC(C)(NC(=O)c3ccc(-c4ccncc4)cc3)CC(NCC(=O)N3Cc4ccc(F)cc4C3)(C1)C2. The van der Waals surface area contributed by atoms with E-state index in [1.807, 2.05) is 36.4 Å². The van der Waals surface area contributed by atoms with Gasteiger partial charge in [0.15, 0.2) is 0 Å². The summed E-state index contributed by atoms with van der Waals surface area (Å²) in [6, 6.07) is 16.4. The minimum absolute atomic E-state index is 0.0337. The van der Waals surface area contributed by atoms with E-state index in [0.717, 1.165) is 54.4 Å². The van der Waals surface area contributed by atoms with E-state index >= 15 is 0 Å². The lowest BCUT2D eigenvalue weighted by atomic mass is 9.58. The standard InChI is InChI=1S/C33H37FN4O2/c1-22-13-23-16-32(2,37-31(40)26-5-3-24(4-6-26)25-9-11-35-12-10-25)21-33(15-22,17-23)36-18-30(39)38-19-27-7-8-29(34)14-28(27)20-38/h3-12,14,22-23,36H,13,15-21H2,1-2H3,(H,37,40). The van der Waals surface area contributed by atoms with Crippen LogP contribution in [0.15, 0.2) is 67.0 Å². The van der Waals surface area contributed by atoms with Crippen LogP contribution >= 0.6 is 0 Å². The number of carbonyl (C=O) groups excluding carboxylic acids is 2. The van der Waals surface area contributed by atoms with Gasteiger partial charge in [0.1, 0.15) is 5.82 Å². The maximum absolute atomic E-state index is 13.7. The molecule has 4 atom stereocenters. The van der Waals surface area contributed by atoms with Crippen molar-refractivity contribution in [2.75, 3.05) is 6.54 Å². The van der Waals surface area contributed by atoms with Crippen LogP contribution in [0.3, 0.4) is 0 Å². The number of amides is 2. The number of carbonyl (C=O) groups is 2. The van der Waals surface area contributed by atoms with Crippen LogP contribution in [-0.2, 0) is 17.9 Å². The van der Waals surface area contributed by atoms with Crippen LogP contribution in [0.5, 0.6) is 0 Å². The third-order valence-electron chi connectivity index (χ3n) is 9.06. The fourth-order valence-corrected chi connectivity index (χ4v) is 7.72. The van der Waals surface area contributed by atoms with E-state index in [1.54, 1.807) is 23.4 Å². The molecule has 6 rings (SSSR count). The Balaban J connectivity index is 1.12. The third-order valence-corrected chi connectivity index (χ3v) is 9.06. The van der Waals surface area contributed by atoms with Gasteiger partial charge < -0.3 is 15.5 Å². The molecule has 2 amide bonds. The Morgan fingerprint density at radius 3 is 2.48 bits per heavy atom. The lowest BCUT2D eigenvalue weighted by Crippen LogP contribution is -2.64. The minimum atomic E-state index is -0.374. The fourth-order valence-electron chi connectivity index (χ4n) is 7.72. The Kier molecular flexibility index (Phi) is 6.95. The number of nitrogens with one attached hydrogen (secondary N) is 2. The molecule has 2 aromatic carbocycles. The number of halogens is 1. The van der Waals surface area contributed by atoms with Crippen molar-refractivity contribution in [3.05, 3.63) is 89.5 Å². The van der Waals surface area contributed by atoms with E-state index in [2.05, 4.69) is 29.5 Å². The van der Waals surface area contributed by atoms with Crippen LogP contribution in [0.25, 0.3) is 11.1 Å². The molecule has 2 N–H and O–H groups in total. The molecule has 2 fully saturated rings. The lowest BCUT2D eigenvalue weighted by Gasteiger charge is -2.55. The van der Waals surface area contributed by atoms with Gasteiger partial charge >= 0.3 is 0 Å². The molecule has 1 aromatic heterocycles. The predicted octanol–water partition coefficient (Wildman–Crippen LogP) is 5.48. The summed E-state index contributed by atoms with van der Waals surface area (Å²) in [5.41, 5.74) is 4.08. The first-order chi connectivity index (χ1) is 19.2. The van der Waals surface area contributed by atoms with Gasteiger partial charge in [0, 0.05) is 42.1 Å². The van der Waals surface area contributed by atoms with Crippen LogP contribution in [0.2, 0.25) is 0 Å². The van der Waals surface area contributed by atoms with Gasteiger partial charge in [-0.2, -0.15) is 0 Å².